The minimum atomic E-state index is -2.96. The highest BCUT2D eigenvalue weighted by atomic mass is 19.3. The Morgan fingerprint density at radius 2 is 1.83 bits per heavy atom. The molecule has 2 atom stereocenters. The van der Waals surface area contributed by atoms with E-state index >= 15 is 0 Å². The molecule has 1 unspecified atom stereocenters. The number of nitrogens with zero attached hydrogens (tertiary/aromatic N) is 2. The summed E-state index contributed by atoms with van der Waals surface area (Å²) in [5, 5.41) is 6.06. The van der Waals surface area contributed by atoms with Crippen LogP contribution in [0.5, 0.6) is 6.01 Å². The Morgan fingerprint density at radius 1 is 1.17 bits per heavy atom. The molecule has 2 N–H and O–H groups in total. The standard InChI is InChI=1S/C24H27F3N4O4/c1-12(21(32)31-24(3)8-9-24)18-16(22-34-10-11-35-22)20(30-23(29-18)33-4)28-13(2)14-6-5-7-15(17(14)25)19(26)27/h5-7,10-13,19,22H,8-9H2,1-4H3,(H,31,32)(H,28,29,30)/t12?,13-/m1/s1. The van der Waals surface area contributed by atoms with Gasteiger partial charge >= 0.3 is 6.01 Å². The maximum Gasteiger partial charge on any atom is 0.318 e. The van der Waals surface area contributed by atoms with Crippen molar-refractivity contribution in [2.75, 3.05) is 12.4 Å². The molecule has 1 aliphatic heterocycles. The van der Waals surface area contributed by atoms with Crippen LogP contribution in [0, 0.1) is 5.82 Å². The van der Waals surface area contributed by atoms with Crippen LogP contribution in [-0.2, 0) is 14.3 Å². The van der Waals surface area contributed by atoms with Gasteiger partial charge in [-0.2, -0.15) is 9.97 Å². The zero-order valence-electron chi connectivity index (χ0n) is 19.8. The fraction of sp³-hybridized carbons (Fsp3) is 0.458. The molecule has 1 amide bonds. The highest BCUT2D eigenvalue weighted by Gasteiger charge is 2.41. The predicted octanol–water partition coefficient (Wildman–Crippen LogP) is 5.02. The van der Waals surface area contributed by atoms with Gasteiger partial charge in [0.25, 0.3) is 12.7 Å². The Balaban J connectivity index is 1.74. The molecule has 2 aromatic rings. The molecule has 188 valence electrons. The number of benzene rings is 1. The van der Waals surface area contributed by atoms with E-state index in [-0.39, 0.29) is 28.8 Å². The Hall–Kier alpha value is -3.50. The molecule has 35 heavy (non-hydrogen) atoms. The lowest BCUT2D eigenvalue weighted by Crippen LogP contribution is -2.37. The normalized spacial score (nSPS) is 17.9. The summed E-state index contributed by atoms with van der Waals surface area (Å²) in [5.74, 6) is -1.83. The molecule has 1 aromatic carbocycles. The SMILES string of the molecule is COc1nc(N[C@H](C)c2cccc(C(F)F)c2F)c(C2OC=CO2)c(C(C)C(=O)NC2(C)CC2)n1. The Morgan fingerprint density at radius 3 is 2.43 bits per heavy atom. The third-order valence-electron chi connectivity index (χ3n) is 6.17. The van der Waals surface area contributed by atoms with Crippen LogP contribution in [0.3, 0.4) is 0 Å². The number of hydrogen-bond acceptors (Lipinski definition) is 7. The van der Waals surface area contributed by atoms with Crippen molar-refractivity contribution in [2.24, 2.45) is 0 Å². The van der Waals surface area contributed by atoms with E-state index in [1.165, 1.54) is 31.8 Å². The third kappa shape index (κ3) is 5.13. The molecule has 1 aliphatic carbocycles. The summed E-state index contributed by atoms with van der Waals surface area (Å²) in [5.41, 5.74) is -0.303. The molecule has 2 aliphatic rings. The van der Waals surface area contributed by atoms with Gasteiger partial charge in [0, 0.05) is 11.1 Å². The molecule has 8 nitrogen and oxygen atoms in total. The van der Waals surface area contributed by atoms with Crippen LogP contribution < -0.4 is 15.4 Å². The highest BCUT2D eigenvalue weighted by molar-refractivity contribution is 5.84. The molecular weight excluding hydrogens is 465 g/mol. The molecule has 2 heterocycles. The second kappa shape index (κ2) is 9.63. The maximum atomic E-state index is 14.8. The lowest BCUT2D eigenvalue weighted by Gasteiger charge is -2.25. The number of alkyl halides is 2. The maximum absolute atomic E-state index is 14.8. The van der Waals surface area contributed by atoms with Crippen molar-refractivity contribution in [1.82, 2.24) is 15.3 Å². The van der Waals surface area contributed by atoms with E-state index in [2.05, 4.69) is 20.6 Å². The van der Waals surface area contributed by atoms with Gasteiger partial charge in [0.05, 0.1) is 35.9 Å². The van der Waals surface area contributed by atoms with Gasteiger partial charge < -0.3 is 24.8 Å². The summed E-state index contributed by atoms with van der Waals surface area (Å²) in [4.78, 5) is 21.8. The Bertz CT molecular complexity index is 1130. The monoisotopic (exact) mass is 492 g/mol. The number of anilines is 1. The van der Waals surface area contributed by atoms with Crippen LogP contribution in [0.2, 0.25) is 0 Å². The van der Waals surface area contributed by atoms with Crippen LogP contribution in [0.25, 0.3) is 0 Å². The van der Waals surface area contributed by atoms with Gasteiger partial charge in [0.2, 0.25) is 5.91 Å². The number of aromatic nitrogens is 2. The molecule has 0 spiro atoms. The van der Waals surface area contributed by atoms with Gasteiger partial charge in [-0.25, -0.2) is 13.2 Å². The minimum absolute atomic E-state index is 0.0201. The predicted molar refractivity (Wildman–Crippen MR) is 120 cm³/mol. The largest absolute Gasteiger partial charge is 0.467 e. The molecule has 1 fully saturated rings. The summed E-state index contributed by atoms with van der Waals surface area (Å²) in [7, 11) is 1.37. The van der Waals surface area contributed by atoms with Gasteiger partial charge in [-0.15, -0.1) is 0 Å². The first-order valence-corrected chi connectivity index (χ1v) is 11.2. The number of hydrogen-bond donors (Lipinski definition) is 2. The first-order valence-electron chi connectivity index (χ1n) is 11.2. The molecule has 0 bridgehead atoms. The summed E-state index contributed by atoms with van der Waals surface area (Å²) < 4.78 is 57.6. The van der Waals surface area contributed by atoms with E-state index < -0.39 is 36.1 Å². The number of rotatable bonds is 9. The van der Waals surface area contributed by atoms with Crippen molar-refractivity contribution >= 4 is 11.7 Å². The molecule has 4 rings (SSSR count). The van der Waals surface area contributed by atoms with Gasteiger partial charge in [-0.3, -0.25) is 4.79 Å². The minimum Gasteiger partial charge on any atom is -0.467 e. The number of halogens is 3. The number of nitrogens with one attached hydrogen (secondary N) is 2. The fourth-order valence-corrected chi connectivity index (χ4v) is 3.80. The molecule has 0 radical (unpaired) electrons. The van der Waals surface area contributed by atoms with Gasteiger partial charge in [-0.05, 0) is 33.6 Å². The zero-order valence-corrected chi connectivity index (χ0v) is 19.8. The van der Waals surface area contributed by atoms with Crippen LogP contribution in [-0.4, -0.2) is 28.5 Å². The molecule has 11 heteroatoms. The number of ether oxygens (including phenoxy) is 3. The van der Waals surface area contributed by atoms with E-state index in [0.29, 0.717) is 11.3 Å². The Labute approximate surface area is 200 Å². The van der Waals surface area contributed by atoms with Crippen molar-refractivity contribution in [3.63, 3.8) is 0 Å². The number of carbonyl (C=O) groups is 1. The molecule has 1 aromatic heterocycles. The second-order valence-corrected chi connectivity index (χ2v) is 8.92. The van der Waals surface area contributed by atoms with Crippen molar-refractivity contribution in [3.05, 3.63) is 58.9 Å². The first-order chi connectivity index (χ1) is 16.6. The van der Waals surface area contributed by atoms with Crippen molar-refractivity contribution in [3.8, 4) is 6.01 Å². The molecular formula is C24H27F3N4O4. The topological polar surface area (TPSA) is 94.6 Å². The lowest BCUT2D eigenvalue weighted by atomic mass is 9.99. The summed E-state index contributed by atoms with van der Waals surface area (Å²) in [6, 6.07) is 2.99. The van der Waals surface area contributed by atoms with Gasteiger partial charge in [0.15, 0.2) is 0 Å². The summed E-state index contributed by atoms with van der Waals surface area (Å²) in [6.45, 7) is 5.25. The van der Waals surface area contributed by atoms with Gasteiger partial charge in [-0.1, -0.05) is 18.2 Å². The second-order valence-electron chi connectivity index (χ2n) is 8.92. The average molecular weight is 492 g/mol. The van der Waals surface area contributed by atoms with Crippen LogP contribution in [0.1, 0.15) is 80.7 Å². The zero-order chi connectivity index (χ0) is 25.3. The smallest absolute Gasteiger partial charge is 0.318 e. The van der Waals surface area contributed by atoms with Crippen molar-refractivity contribution in [1.29, 1.82) is 0 Å². The van der Waals surface area contributed by atoms with E-state index in [4.69, 9.17) is 14.2 Å². The van der Waals surface area contributed by atoms with Crippen LogP contribution >= 0.6 is 0 Å². The quantitative estimate of drug-likeness (QED) is 0.507. The van der Waals surface area contributed by atoms with E-state index in [1.807, 2.05) is 6.92 Å². The Kier molecular flexibility index (Phi) is 6.77. The van der Waals surface area contributed by atoms with Gasteiger partial charge in [0.1, 0.15) is 24.2 Å². The average Bonchev–Trinajstić information content (AvgIpc) is 3.30. The molecule has 1 saturated carbocycles. The molecule has 0 saturated heterocycles. The summed E-state index contributed by atoms with van der Waals surface area (Å²) in [6.07, 6.45) is 0.522. The number of methoxy groups -OCH3 is 1. The van der Waals surface area contributed by atoms with Crippen molar-refractivity contribution < 1.29 is 32.2 Å². The number of amides is 1. The first kappa shape index (κ1) is 24.6. The fourth-order valence-electron chi connectivity index (χ4n) is 3.80. The highest BCUT2D eigenvalue weighted by Crippen LogP contribution is 2.39. The van der Waals surface area contributed by atoms with Crippen LogP contribution in [0.15, 0.2) is 30.7 Å². The van der Waals surface area contributed by atoms with Crippen molar-refractivity contribution in [2.45, 2.75) is 63.8 Å². The van der Waals surface area contributed by atoms with E-state index in [0.717, 1.165) is 18.9 Å². The lowest BCUT2D eigenvalue weighted by molar-refractivity contribution is -0.123. The van der Waals surface area contributed by atoms with E-state index in [1.54, 1.807) is 13.8 Å². The van der Waals surface area contributed by atoms with Crippen LogP contribution in [0.4, 0.5) is 19.0 Å². The summed E-state index contributed by atoms with van der Waals surface area (Å²) >= 11 is 0. The third-order valence-corrected chi connectivity index (χ3v) is 6.17. The van der Waals surface area contributed by atoms with E-state index in [9.17, 15) is 18.0 Å². The number of carbonyl (C=O) groups excluding carboxylic acids is 1.